The van der Waals surface area contributed by atoms with Crippen LogP contribution in [-0.2, 0) is 0 Å². The first-order chi connectivity index (χ1) is 9.83. The molecule has 0 spiro atoms. The maximum absolute atomic E-state index is 12.2. The molecule has 3 heterocycles. The molecule has 3 rings (SSSR count). The molecule has 1 amide bonds. The van der Waals surface area contributed by atoms with Gasteiger partial charge in [-0.3, -0.25) is 9.78 Å². The van der Waals surface area contributed by atoms with E-state index in [2.05, 4.69) is 9.97 Å². The molecule has 6 nitrogen and oxygen atoms in total. The Balaban J connectivity index is 1.63. The summed E-state index contributed by atoms with van der Waals surface area (Å²) in [4.78, 5) is 22.1. The van der Waals surface area contributed by atoms with Crippen LogP contribution in [0.5, 0.6) is 5.88 Å². The molecule has 1 aliphatic heterocycles. The van der Waals surface area contributed by atoms with Crippen LogP contribution in [0.4, 0.5) is 0 Å². The minimum absolute atomic E-state index is 0.0220. The molecule has 1 fully saturated rings. The second kappa shape index (κ2) is 5.73. The maximum Gasteiger partial charge on any atom is 0.257 e. The fourth-order valence-electron chi connectivity index (χ4n) is 2.30. The summed E-state index contributed by atoms with van der Waals surface area (Å²) in [5.41, 5.74) is 0.574. The van der Waals surface area contributed by atoms with Crippen molar-refractivity contribution in [3.05, 3.63) is 42.7 Å². The van der Waals surface area contributed by atoms with E-state index in [4.69, 9.17) is 9.15 Å². The van der Waals surface area contributed by atoms with Crippen molar-refractivity contribution < 1.29 is 13.9 Å². The van der Waals surface area contributed by atoms with Crippen LogP contribution >= 0.6 is 0 Å². The average molecular weight is 273 g/mol. The van der Waals surface area contributed by atoms with Gasteiger partial charge in [0.05, 0.1) is 24.6 Å². The SMILES string of the molecule is O=C(c1ccoc1)N1CCC[C@@H](Oc2cnccn2)C1. The molecule has 1 aliphatic rings. The molecule has 0 bridgehead atoms. The third kappa shape index (κ3) is 2.79. The van der Waals surface area contributed by atoms with Gasteiger partial charge in [0.1, 0.15) is 12.4 Å². The Morgan fingerprint density at radius 2 is 2.40 bits per heavy atom. The van der Waals surface area contributed by atoms with Gasteiger partial charge in [-0.2, -0.15) is 0 Å². The minimum atomic E-state index is -0.0451. The normalized spacial score (nSPS) is 18.8. The number of ether oxygens (including phenoxy) is 1. The number of hydrogen-bond acceptors (Lipinski definition) is 5. The Morgan fingerprint density at radius 3 is 3.15 bits per heavy atom. The lowest BCUT2D eigenvalue weighted by atomic mass is 10.1. The number of aromatic nitrogens is 2. The standard InChI is InChI=1S/C14H15N3O3/c18-14(11-3-7-19-10-11)17-6-1-2-12(9-17)20-13-8-15-4-5-16-13/h3-5,7-8,10,12H,1-2,6,9H2/t12-/m1/s1. The van der Waals surface area contributed by atoms with E-state index in [-0.39, 0.29) is 12.0 Å². The highest BCUT2D eigenvalue weighted by atomic mass is 16.5. The zero-order valence-corrected chi connectivity index (χ0v) is 10.9. The van der Waals surface area contributed by atoms with Gasteiger partial charge in [0.15, 0.2) is 0 Å². The van der Waals surface area contributed by atoms with Crippen LogP contribution < -0.4 is 4.74 Å². The Kier molecular flexibility index (Phi) is 3.62. The summed E-state index contributed by atoms with van der Waals surface area (Å²) >= 11 is 0. The second-order valence-corrected chi connectivity index (χ2v) is 4.69. The second-order valence-electron chi connectivity index (χ2n) is 4.69. The van der Waals surface area contributed by atoms with Crippen LogP contribution in [0.25, 0.3) is 0 Å². The van der Waals surface area contributed by atoms with Crippen molar-refractivity contribution in [2.45, 2.75) is 18.9 Å². The van der Waals surface area contributed by atoms with E-state index in [1.54, 1.807) is 29.6 Å². The predicted octanol–water partition coefficient (Wildman–Crippen LogP) is 1.75. The summed E-state index contributed by atoms with van der Waals surface area (Å²) in [5, 5.41) is 0. The molecule has 1 atom stereocenters. The van der Waals surface area contributed by atoms with Crippen LogP contribution in [0.2, 0.25) is 0 Å². The van der Waals surface area contributed by atoms with Gasteiger partial charge in [-0.25, -0.2) is 4.98 Å². The van der Waals surface area contributed by atoms with Crippen LogP contribution in [0.1, 0.15) is 23.2 Å². The van der Waals surface area contributed by atoms with Crippen molar-refractivity contribution in [3.63, 3.8) is 0 Å². The number of nitrogens with zero attached hydrogens (tertiary/aromatic N) is 3. The van der Waals surface area contributed by atoms with E-state index in [0.717, 1.165) is 19.4 Å². The fraction of sp³-hybridized carbons (Fsp3) is 0.357. The third-order valence-electron chi connectivity index (χ3n) is 3.26. The number of rotatable bonds is 3. The first-order valence-electron chi connectivity index (χ1n) is 6.57. The molecule has 104 valence electrons. The highest BCUT2D eigenvalue weighted by Crippen LogP contribution is 2.18. The Labute approximate surface area is 116 Å². The molecule has 0 radical (unpaired) electrons. The van der Waals surface area contributed by atoms with Gasteiger partial charge in [0.25, 0.3) is 5.91 Å². The van der Waals surface area contributed by atoms with Crippen molar-refractivity contribution in [3.8, 4) is 5.88 Å². The zero-order valence-electron chi connectivity index (χ0n) is 10.9. The highest BCUT2D eigenvalue weighted by Gasteiger charge is 2.26. The van der Waals surface area contributed by atoms with Crippen molar-refractivity contribution in [2.24, 2.45) is 0 Å². The van der Waals surface area contributed by atoms with E-state index in [9.17, 15) is 4.79 Å². The fourth-order valence-corrected chi connectivity index (χ4v) is 2.30. The Hall–Kier alpha value is -2.37. The largest absolute Gasteiger partial charge is 0.472 e. The molecule has 0 N–H and O–H groups in total. The van der Waals surface area contributed by atoms with Gasteiger partial charge in [-0.1, -0.05) is 0 Å². The summed E-state index contributed by atoms with van der Waals surface area (Å²) in [5.74, 6) is 0.473. The summed E-state index contributed by atoms with van der Waals surface area (Å²) in [6, 6.07) is 1.68. The van der Waals surface area contributed by atoms with Crippen molar-refractivity contribution in [1.82, 2.24) is 14.9 Å². The van der Waals surface area contributed by atoms with Crippen LogP contribution in [-0.4, -0.2) is 40.0 Å². The third-order valence-corrected chi connectivity index (χ3v) is 3.26. The molecule has 2 aromatic heterocycles. The van der Waals surface area contributed by atoms with E-state index >= 15 is 0 Å². The Morgan fingerprint density at radius 1 is 1.45 bits per heavy atom. The first-order valence-corrected chi connectivity index (χ1v) is 6.57. The van der Waals surface area contributed by atoms with Gasteiger partial charge in [-0.15, -0.1) is 0 Å². The lowest BCUT2D eigenvalue weighted by Gasteiger charge is -2.32. The van der Waals surface area contributed by atoms with Crippen LogP contribution in [0.15, 0.2) is 41.6 Å². The number of likely N-dealkylation sites (tertiary alicyclic amines) is 1. The lowest BCUT2D eigenvalue weighted by Crippen LogP contribution is -2.44. The topological polar surface area (TPSA) is 68.5 Å². The van der Waals surface area contributed by atoms with Crippen molar-refractivity contribution >= 4 is 5.91 Å². The number of amides is 1. The molecule has 2 aromatic rings. The summed E-state index contributed by atoms with van der Waals surface area (Å²) in [7, 11) is 0. The maximum atomic E-state index is 12.2. The van der Waals surface area contributed by atoms with Crippen LogP contribution in [0, 0.1) is 0 Å². The molecule has 0 unspecified atom stereocenters. The number of hydrogen-bond donors (Lipinski definition) is 0. The molecule has 0 aliphatic carbocycles. The molecule has 0 saturated carbocycles. The number of carbonyl (C=O) groups excluding carboxylic acids is 1. The molecular formula is C14H15N3O3. The monoisotopic (exact) mass is 273 g/mol. The van der Waals surface area contributed by atoms with Gasteiger partial charge in [-0.05, 0) is 18.9 Å². The summed E-state index contributed by atoms with van der Waals surface area (Å²) < 4.78 is 10.7. The van der Waals surface area contributed by atoms with Crippen LogP contribution in [0.3, 0.4) is 0 Å². The first kappa shape index (κ1) is 12.7. The van der Waals surface area contributed by atoms with Gasteiger partial charge in [0.2, 0.25) is 5.88 Å². The van der Waals surface area contributed by atoms with E-state index in [1.165, 1.54) is 12.5 Å². The molecule has 0 aromatic carbocycles. The Bertz CT molecular complexity index is 556. The van der Waals surface area contributed by atoms with E-state index in [1.807, 2.05) is 0 Å². The molecule has 1 saturated heterocycles. The van der Waals surface area contributed by atoms with Gasteiger partial charge >= 0.3 is 0 Å². The average Bonchev–Trinajstić information content (AvgIpc) is 3.02. The van der Waals surface area contributed by atoms with E-state index < -0.39 is 0 Å². The molecular weight excluding hydrogens is 258 g/mol. The minimum Gasteiger partial charge on any atom is -0.472 e. The highest BCUT2D eigenvalue weighted by molar-refractivity contribution is 5.93. The lowest BCUT2D eigenvalue weighted by molar-refractivity contribution is 0.0526. The predicted molar refractivity (Wildman–Crippen MR) is 70.3 cm³/mol. The number of piperidine rings is 1. The van der Waals surface area contributed by atoms with Crippen molar-refractivity contribution in [1.29, 1.82) is 0 Å². The molecule has 20 heavy (non-hydrogen) atoms. The van der Waals surface area contributed by atoms with Gasteiger partial charge < -0.3 is 14.1 Å². The van der Waals surface area contributed by atoms with Gasteiger partial charge in [0, 0.05) is 18.9 Å². The summed E-state index contributed by atoms with van der Waals surface area (Å²) in [6.45, 7) is 1.30. The smallest absolute Gasteiger partial charge is 0.257 e. The number of furan rings is 1. The quantitative estimate of drug-likeness (QED) is 0.852. The zero-order chi connectivity index (χ0) is 13.8. The van der Waals surface area contributed by atoms with E-state index in [0.29, 0.717) is 18.0 Å². The summed E-state index contributed by atoms with van der Waals surface area (Å²) in [6.07, 6.45) is 9.52. The number of carbonyl (C=O) groups is 1. The van der Waals surface area contributed by atoms with Crippen molar-refractivity contribution in [2.75, 3.05) is 13.1 Å². The molecule has 6 heteroatoms.